The molecule has 0 aliphatic heterocycles. The molecule has 2 N–H and O–H groups in total. The maximum Gasteiger partial charge on any atom is 0.289 e. The first-order chi connectivity index (χ1) is 11.2. The van der Waals surface area contributed by atoms with E-state index in [0.29, 0.717) is 11.3 Å². The first-order valence-corrected chi connectivity index (χ1v) is 6.77. The van der Waals surface area contributed by atoms with E-state index in [4.69, 9.17) is 0 Å². The van der Waals surface area contributed by atoms with Gasteiger partial charge >= 0.3 is 0 Å². The van der Waals surface area contributed by atoms with Gasteiger partial charge in [-0.2, -0.15) is 10.2 Å². The number of hydrazone groups is 1. The summed E-state index contributed by atoms with van der Waals surface area (Å²) >= 11 is 0. The van der Waals surface area contributed by atoms with E-state index in [1.54, 1.807) is 42.7 Å². The van der Waals surface area contributed by atoms with Gasteiger partial charge in [-0.3, -0.25) is 14.9 Å². The van der Waals surface area contributed by atoms with E-state index in [9.17, 15) is 9.18 Å². The van der Waals surface area contributed by atoms with Crippen molar-refractivity contribution in [1.29, 1.82) is 0 Å². The predicted octanol–water partition coefficient (Wildman–Crippen LogP) is 2.37. The molecule has 23 heavy (non-hydrogen) atoms. The second kappa shape index (κ2) is 6.61. The van der Waals surface area contributed by atoms with E-state index in [1.165, 1.54) is 18.3 Å². The Balaban J connectivity index is 1.67. The molecule has 0 atom stereocenters. The van der Waals surface area contributed by atoms with Crippen molar-refractivity contribution >= 4 is 12.1 Å². The summed E-state index contributed by atoms with van der Waals surface area (Å²) in [6.07, 6.45) is 4.77. The number of halogens is 1. The van der Waals surface area contributed by atoms with Crippen molar-refractivity contribution < 1.29 is 9.18 Å². The largest absolute Gasteiger partial charge is 0.289 e. The lowest BCUT2D eigenvalue weighted by molar-refractivity contribution is 0.0950. The maximum absolute atomic E-state index is 12.9. The lowest BCUT2D eigenvalue weighted by atomic mass is 10.1. The van der Waals surface area contributed by atoms with E-state index in [2.05, 4.69) is 25.7 Å². The Hall–Kier alpha value is -3.35. The van der Waals surface area contributed by atoms with Crippen LogP contribution in [0.5, 0.6) is 0 Å². The molecule has 1 aromatic carbocycles. The Bertz CT molecular complexity index is 827. The normalized spacial score (nSPS) is 10.8. The summed E-state index contributed by atoms with van der Waals surface area (Å²) in [5.41, 5.74) is 4.74. The van der Waals surface area contributed by atoms with Gasteiger partial charge in [-0.15, -0.1) is 0 Å². The number of H-pyrrole nitrogens is 1. The highest BCUT2D eigenvalue weighted by Crippen LogP contribution is 2.17. The van der Waals surface area contributed by atoms with Crippen LogP contribution in [0.1, 0.15) is 16.1 Å². The molecule has 7 heteroatoms. The Morgan fingerprint density at radius 2 is 1.91 bits per heavy atom. The van der Waals surface area contributed by atoms with Gasteiger partial charge in [0.1, 0.15) is 11.5 Å². The van der Waals surface area contributed by atoms with Crippen molar-refractivity contribution in [2.45, 2.75) is 0 Å². The fourth-order valence-electron chi connectivity index (χ4n) is 1.88. The number of carbonyl (C=O) groups excluding carboxylic acids is 1. The summed E-state index contributed by atoms with van der Waals surface area (Å²) in [6.45, 7) is 0. The molecular formula is C16H12FN5O. The Kier molecular flexibility index (Phi) is 4.19. The molecule has 3 aromatic rings. The summed E-state index contributed by atoms with van der Waals surface area (Å²) in [6, 6.07) is 11.0. The molecule has 114 valence electrons. The van der Waals surface area contributed by atoms with Gasteiger partial charge in [0, 0.05) is 18.0 Å². The molecule has 0 saturated carbocycles. The highest BCUT2D eigenvalue weighted by atomic mass is 19.1. The van der Waals surface area contributed by atoms with Crippen LogP contribution in [0.4, 0.5) is 4.39 Å². The number of carbonyl (C=O) groups is 1. The maximum atomic E-state index is 12.9. The zero-order valence-corrected chi connectivity index (χ0v) is 11.9. The molecule has 0 fully saturated rings. The van der Waals surface area contributed by atoms with Gasteiger partial charge in [-0.05, 0) is 48.0 Å². The van der Waals surface area contributed by atoms with Crippen molar-refractivity contribution in [3.05, 3.63) is 71.9 Å². The number of rotatable bonds is 4. The summed E-state index contributed by atoms with van der Waals surface area (Å²) in [4.78, 5) is 15.9. The first-order valence-electron chi connectivity index (χ1n) is 6.77. The van der Waals surface area contributed by atoms with Crippen LogP contribution in [0, 0.1) is 5.82 Å². The second-order valence-corrected chi connectivity index (χ2v) is 4.65. The molecule has 2 aromatic heterocycles. The molecule has 0 saturated heterocycles. The Labute approximate surface area is 131 Å². The van der Waals surface area contributed by atoms with Crippen LogP contribution in [0.25, 0.3) is 11.3 Å². The summed E-state index contributed by atoms with van der Waals surface area (Å²) < 4.78 is 12.9. The van der Waals surface area contributed by atoms with E-state index >= 15 is 0 Å². The highest BCUT2D eigenvalue weighted by molar-refractivity contribution is 5.94. The third kappa shape index (κ3) is 3.65. The topological polar surface area (TPSA) is 83.0 Å². The molecule has 0 aliphatic carbocycles. The minimum absolute atomic E-state index is 0.260. The molecule has 6 nitrogen and oxygen atoms in total. The average molecular weight is 309 g/mol. The minimum Gasteiger partial charge on any atom is -0.272 e. The number of benzene rings is 1. The number of aromatic amines is 1. The van der Waals surface area contributed by atoms with Crippen LogP contribution in [0.15, 0.2) is 60.0 Å². The molecule has 0 aliphatic rings. The summed E-state index contributed by atoms with van der Waals surface area (Å²) in [5, 5.41) is 10.5. The molecule has 0 unspecified atom stereocenters. The Morgan fingerprint density at radius 1 is 1.17 bits per heavy atom. The predicted molar refractivity (Wildman–Crippen MR) is 83.3 cm³/mol. The number of aromatic nitrogens is 3. The van der Waals surface area contributed by atoms with Gasteiger partial charge < -0.3 is 0 Å². The minimum atomic E-state index is -0.420. The van der Waals surface area contributed by atoms with Crippen molar-refractivity contribution in [2.24, 2.45) is 5.10 Å². The fraction of sp³-hybridized carbons (Fsp3) is 0. The lowest BCUT2D eigenvalue weighted by Gasteiger charge is -1.96. The lowest BCUT2D eigenvalue weighted by Crippen LogP contribution is -2.17. The zero-order valence-electron chi connectivity index (χ0n) is 11.9. The third-order valence-electron chi connectivity index (χ3n) is 3.05. The number of hydrogen-bond acceptors (Lipinski definition) is 4. The quantitative estimate of drug-likeness (QED) is 0.573. The number of hydrogen-bond donors (Lipinski definition) is 2. The average Bonchev–Trinajstić information content (AvgIpc) is 3.06. The van der Waals surface area contributed by atoms with Gasteiger partial charge in [-0.25, -0.2) is 9.82 Å². The van der Waals surface area contributed by atoms with Gasteiger partial charge in [0.15, 0.2) is 0 Å². The van der Waals surface area contributed by atoms with E-state index in [1.807, 2.05) is 0 Å². The SMILES string of the molecule is O=C(N/N=C\c1ccncc1)c1cc(-c2ccc(F)cc2)n[nH]1. The van der Waals surface area contributed by atoms with Gasteiger partial charge in [-0.1, -0.05) is 0 Å². The number of amides is 1. The number of nitrogens with one attached hydrogen (secondary N) is 2. The smallest absolute Gasteiger partial charge is 0.272 e. The summed E-state index contributed by atoms with van der Waals surface area (Å²) in [7, 11) is 0. The van der Waals surface area contributed by atoms with Gasteiger partial charge in [0.2, 0.25) is 0 Å². The highest BCUT2D eigenvalue weighted by Gasteiger charge is 2.10. The molecule has 2 heterocycles. The Morgan fingerprint density at radius 3 is 2.65 bits per heavy atom. The molecule has 0 spiro atoms. The summed E-state index contributed by atoms with van der Waals surface area (Å²) in [5.74, 6) is -0.746. The van der Waals surface area contributed by atoms with Crippen LogP contribution in [-0.4, -0.2) is 27.3 Å². The zero-order chi connectivity index (χ0) is 16.1. The van der Waals surface area contributed by atoms with Crippen molar-refractivity contribution in [3.8, 4) is 11.3 Å². The van der Waals surface area contributed by atoms with Crippen LogP contribution in [0.3, 0.4) is 0 Å². The number of nitrogens with zero attached hydrogens (tertiary/aromatic N) is 3. The van der Waals surface area contributed by atoms with E-state index in [0.717, 1.165) is 5.56 Å². The monoisotopic (exact) mass is 309 g/mol. The van der Waals surface area contributed by atoms with Crippen molar-refractivity contribution in [3.63, 3.8) is 0 Å². The molecular weight excluding hydrogens is 297 g/mol. The van der Waals surface area contributed by atoms with Gasteiger partial charge in [0.25, 0.3) is 5.91 Å². The molecule has 0 bridgehead atoms. The fourth-order valence-corrected chi connectivity index (χ4v) is 1.88. The number of pyridine rings is 1. The molecule has 0 radical (unpaired) electrons. The van der Waals surface area contributed by atoms with Crippen LogP contribution in [-0.2, 0) is 0 Å². The van der Waals surface area contributed by atoms with Crippen LogP contribution < -0.4 is 5.43 Å². The van der Waals surface area contributed by atoms with Crippen LogP contribution >= 0.6 is 0 Å². The van der Waals surface area contributed by atoms with E-state index < -0.39 is 5.91 Å². The van der Waals surface area contributed by atoms with Crippen molar-refractivity contribution in [2.75, 3.05) is 0 Å². The molecule has 3 rings (SSSR count). The van der Waals surface area contributed by atoms with Crippen molar-refractivity contribution in [1.82, 2.24) is 20.6 Å². The molecule has 1 amide bonds. The van der Waals surface area contributed by atoms with E-state index in [-0.39, 0.29) is 11.5 Å². The second-order valence-electron chi connectivity index (χ2n) is 4.65. The van der Waals surface area contributed by atoms with Gasteiger partial charge in [0.05, 0.1) is 11.9 Å². The third-order valence-corrected chi connectivity index (χ3v) is 3.05. The first kappa shape index (κ1) is 14.6. The standard InChI is InChI=1S/C16H12FN5O/c17-13-3-1-12(2-4-13)14-9-15(21-20-14)16(23)22-19-10-11-5-7-18-8-6-11/h1-10H,(H,20,21)(H,22,23)/b19-10-. The van der Waals surface area contributed by atoms with Crippen LogP contribution in [0.2, 0.25) is 0 Å².